The predicted octanol–water partition coefficient (Wildman–Crippen LogP) is 1.37. The molecule has 0 saturated heterocycles. The highest BCUT2D eigenvalue weighted by atomic mass is 16.5. The third-order valence-corrected chi connectivity index (χ3v) is 1.11. The summed E-state index contributed by atoms with van der Waals surface area (Å²) in [5.41, 5.74) is 0.499. The second-order valence-electron chi connectivity index (χ2n) is 1.74. The Morgan fingerprint density at radius 2 is 2.40 bits per heavy atom. The van der Waals surface area contributed by atoms with Gasteiger partial charge in [0.25, 0.3) is 0 Å². The second kappa shape index (κ2) is 2.88. The van der Waals surface area contributed by atoms with Crippen LogP contribution in [0.4, 0.5) is 0 Å². The lowest BCUT2D eigenvalue weighted by molar-refractivity contribution is 0.414. The first kappa shape index (κ1) is 6.63. The van der Waals surface area contributed by atoms with Gasteiger partial charge in [0.15, 0.2) is 0 Å². The van der Waals surface area contributed by atoms with Crippen molar-refractivity contribution in [2.75, 3.05) is 7.11 Å². The molecule has 0 unspecified atom stereocenters. The predicted molar refractivity (Wildman–Crippen MR) is 36.5 cm³/mol. The molecule has 0 heterocycles. The van der Waals surface area contributed by atoms with E-state index < -0.39 is 0 Å². The molecule has 0 aromatic heterocycles. The first-order valence-electron chi connectivity index (χ1n) is 2.83. The van der Waals surface area contributed by atoms with E-state index in [1.165, 1.54) is 0 Å². The topological polar surface area (TPSA) is 33.0 Å². The number of nitriles is 1. The van der Waals surface area contributed by atoms with Gasteiger partial charge in [-0.25, -0.2) is 0 Å². The average Bonchev–Trinajstić information content (AvgIpc) is 2.05. The summed E-state index contributed by atoms with van der Waals surface area (Å²) in [5.74, 6) is 0.596. The zero-order valence-electron chi connectivity index (χ0n) is 5.59. The number of hydrogen-bond acceptors (Lipinski definition) is 2. The molecule has 0 saturated carbocycles. The molecule has 1 radical (unpaired) electrons. The van der Waals surface area contributed by atoms with Crippen molar-refractivity contribution in [3.8, 4) is 11.8 Å². The molecule has 2 heteroatoms. The molecule has 1 rings (SSSR count). The smallest absolute Gasteiger partial charge is 0.128 e. The van der Waals surface area contributed by atoms with E-state index in [4.69, 9.17) is 10.00 Å². The Labute approximate surface area is 59.7 Å². The molecule has 0 atom stereocenters. The summed E-state index contributed by atoms with van der Waals surface area (Å²) in [6, 6.07) is 9.92. The molecule has 0 spiro atoms. The summed E-state index contributed by atoms with van der Waals surface area (Å²) in [5, 5.41) is 8.42. The molecule has 10 heavy (non-hydrogen) atoms. The lowest BCUT2D eigenvalue weighted by Gasteiger charge is -1.95. The van der Waals surface area contributed by atoms with Crippen molar-refractivity contribution in [1.82, 2.24) is 0 Å². The van der Waals surface area contributed by atoms with E-state index in [0.29, 0.717) is 11.3 Å². The largest absolute Gasteiger partial charge is 0.496 e. The zero-order chi connectivity index (χ0) is 7.40. The number of ether oxygens (including phenoxy) is 1. The van der Waals surface area contributed by atoms with Crippen LogP contribution in [0.15, 0.2) is 18.2 Å². The molecular formula is C8H6NO. The van der Waals surface area contributed by atoms with Crippen LogP contribution in [0.2, 0.25) is 0 Å². The Morgan fingerprint density at radius 1 is 1.60 bits per heavy atom. The molecule has 0 aliphatic heterocycles. The van der Waals surface area contributed by atoms with Gasteiger partial charge in [0.05, 0.1) is 18.7 Å². The van der Waals surface area contributed by atoms with Crippen molar-refractivity contribution in [3.63, 3.8) is 0 Å². The van der Waals surface area contributed by atoms with Crippen molar-refractivity contribution < 1.29 is 4.74 Å². The quantitative estimate of drug-likeness (QED) is 0.578. The lowest BCUT2D eigenvalue weighted by Crippen LogP contribution is -1.82. The first-order valence-corrected chi connectivity index (χ1v) is 2.83. The number of methoxy groups -OCH3 is 1. The Kier molecular flexibility index (Phi) is 1.91. The van der Waals surface area contributed by atoms with E-state index in [1.807, 2.05) is 6.07 Å². The number of rotatable bonds is 1. The van der Waals surface area contributed by atoms with Crippen molar-refractivity contribution in [1.29, 1.82) is 5.26 Å². The Balaban J connectivity index is 3.01. The van der Waals surface area contributed by atoms with Gasteiger partial charge in [-0.2, -0.15) is 5.26 Å². The van der Waals surface area contributed by atoms with Gasteiger partial charge >= 0.3 is 0 Å². The zero-order valence-corrected chi connectivity index (χ0v) is 5.59. The van der Waals surface area contributed by atoms with Crippen LogP contribution in [0, 0.1) is 17.4 Å². The molecule has 0 amide bonds. The average molecular weight is 132 g/mol. The van der Waals surface area contributed by atoms with Crippen molar-refractivity contribution in [2.45, 2.75) is 0 Å². The van der Waals surface area contributed by atoms with E-state index in [-0.39, 0.29) is 0 Å². The molecule has 0 aliphatic carbocycles. The Bertz CT molecular complexity index is 262. The van der Waals surface area contributed by atoms with Crippen LogP contribution >= 0.6 is 0 Å². The highest BCUT2D eigenvalue weighted by Crippen LogP contribution is 2.09. The summed E-state index contributed by atoms with van der Waals surface area (Å²) in [6.45, 7) is 0. The molecule has 1 aromatic carbocycles. The summed E-state index contributed by atoms with van der Waals surface area (Å²) in [4.78, 5) is 0. The first-order chi connectivity index (χ1) is 4.86. The van der Waals surface area contributed by atoms with E-state index in [2.05, 4.69) is 6.07 Å². The van der Waals surface area contributed by atoms with Crippen LogP contribution in [-0.2, 0) is 0 Å². The van der Waals surface area contributed by atoms with E-state index in [1.54, 1.807) is 25.3 Å². The molecule has 0 fully saturated rings. The summed E-state index contributed by atoms with van der Waals surface area (Å²) in [6.07, 6.45) is 0. The highest BCUT2D eigenvalue weighted by molar-refractivity contribution is 5.34. The third-order valence-electron chi connectivity index (χ3n) is 1.11. The standard InChI is InChI=1S/C8H6NO/c1-10-8-4-2-3-7(5-8)6-9/h2-4H,1H3. The molecule has 2 nitrogen and oxygen atoms in total. The number of nitrogens with zero attached hydrogens (tertiary/aromatic N) is 1. The molecule has 1 aromatic rings. The van der Waals surface area contributed by atoms with Gasteiger partial charge in [-0.15, -0.1) is 0 Å². The fraction of sp³-hybridized carbons (Fsp3) is 0.125. The molecular weight excluding hydrogens is 126 g/mol. The van der Waals surface area contributed by atoms with Crippen molar-refractivity contribution in [2.24, 2.45) is 0 Å². The minimum atomic E-state index is 0.499. The van der Waals surface area contributed by atoms with Crippen LogP contribution in [-0.4, -0.2) is 7.11 Å². The molecule has 0 bridgehead atoms. The highest BCUT2D eigenvalue weighted by Gasteiger charge is 1.92. The van der Waals surface area contributed by atoms with Crippen LogP contribution in [0.25, 0.3) is 0 Å². The molecule has 49 valence electrons. The molecule has 0 N–H and O–H groups in total. The second-order valence-corrected chi connectivity index (χ2v) is 1.74. The third kappa shape index (κ3) is 1.26. The lowest BCUT2D eigenvalue weighted by atomic mass is 10.2. The molecule has 0 aliphatic rings. The SMILES string of the molecule is COc1[c]c(C#N)ccc1. The maximum atomic E-state index is 8.42. The minimum Gasteiger partial charge on any atom is -0.496 e. The summed E-state index contributed by atoms with van der Waals surface area (Å²) < 4.78 is 4.85. The van der Waals surface area contributed by atoms with E-state index in [9.17, 15) is 0 Å². The Morgan fingerprint density at radius 3 is 3.00 bits per heavy atom. The van der Waals surface area contributed by atoms with Crippen LogP contribution in [0.1, 0.15) is 5.56 Å². The fourth-order valence-corrected chi connectivity index (χ4v) is 0.632. The van der Waals surface area contributed by atoms with Gasteiger partial charge < -0.3 is 4.74 Å². The number of benzene rings is 1. The van der Waals surface area contributed by atoms with Gasteiger partial charge in [-0.3, -0.25) is 0 Å². The van der Waals surface area contributed by atoms with Gasteiger partial charge in [-0.1, -0.05) is 6.07 Å². The van der Waals surface area contributed by atoms with Crippen LogP contribution in [0.5, 0.6) is 5.75 Å². The van der Waals surface area contributed by atoms with Crippen molar-refractivity contribution >= 4 is 0 Å². The normalized spacial score (nSPS) is 8.40. The van der Waals surface area contributed by atoms with Gasteiger partial charge in [0.2, 0.25) is 0 Å². The van der Waals surface area contributed by atoms with Crippen LogP contribution in [0.3, 0.4) is 0 Å². The maximum Gasteiger partial charge on any atom is 0.128 e. The van der Waals surface area contributed by atoms with Crippen molar-refractivity contribution in [3.05, 3.63) is 29.8 Å². The maximum absolute atomic E-state index is 8.42. The van der Waals surface area contributed by atoms with Crippen LogP contribution < -0.4 is 4.74 Å². The Hall–Kier alpha value is -1.49. The van der Waals surface area contributed by atoms with E-state index >= 15 is 0 Å². The van der Waals surface area contributed by atoms with E-state index in [0.717, 1.165) is 0 Å². The fourth-order valence-electron chi connectivity index (χ4n) is 0.632. The summed E-state index contributed by atoms with van der Waals surface area (Å²) in [7, 11) is 1.55. The number of hydrogen-bond donors (Lipinski definition) is 0. The summed E-state index contributed by atoms with van der Waals surface area (Å²) >= 11 is 0. The van der Waals surface area contributed by atoms with Gasteiger partial charge in [0, 0.05) is 6.07 Å². The monoisotopic (exact) mass is 132 g/mol. The van der Waals surface area contributed by atoms with Gasteiger partial charge in [0.1, 0.15) is 5.75 Å². The minimum absolute atomic E-state index is 0.499. The van der Waals surface area contributed by atoms with Gasteiger partial charge in [-0.05, 0) is 12.1 Å².